The van der Waals surface area contributed by atoms with Gasteiger partial charge in [-0.25, -0.2) is 4.39 Å². The van der Waals surface area contributed by atoms with Crippen molar-refractivity contribution in [3.63, 3.8) is 0 Å². The molecular formula is C17H21FN4O3. The van der Waals surface area contributed by atoms with Crippen LogP contribution in [0.1, 0.15) is 26.2 Å². The molecule has 0 bridgehead atoms. The van der Waals surface area contributed by atoms with Crippen molar-refractivity contribution < 1.29 is 18.7 Å². The normalized spacial score (nSPS) is 24.1. The number of hydrogen-bond donors (Lipinski definition) is 2. The summed E-state index contributed by atoms with van der Waals surface area (Å²) in [6, 6.07) is 4.59. The summed E-state index contributed by atoms with van der Waals surface area (Å²) in [7, 11) is 0. The fourth-order valence-electron chi connectivity index (χ4n) is 3.08. The van der Waals surface area contributed by atoms with Crippen LogP contribution in [0.5, 0.6) is 0 Å². The first-order chi connectivity index (χ1) is 12.0. The summed E-state index contributed by atoms with van der Waals surface area (Å²) >= 11 is 0. The van der Waals surface area contributed by atoms with Gasteiger partial charge in [-0.3, -0.25) is 14.6 Å². The Balaban J connectivity index is 1.74. The van der Waals surface area contributed by atoms with Crippen LogP contribution in [-0.2, 0) is 14.3 Å². The number of anilines is 1. The zero-order valence-corrected chi connectivity index (χ0v) is 13.9. The van der Waals surface area contributed by atoms with E-state index < -0.39 is 17.8 Å². The second-order valence-corrected chi connectivity index (χ2v) is 6.30. The van der Waals surface area contributed by atoms with Crippen LogP contribution in [0.15, 0.2) is 29.4 Å². The summed E-state index contributed by atoms with van der Waals surface area (Å²) in [5.74, 6) is -1.34. The van der Waals surface area contributed by atoms with Gasteiger partial charge in [0.15, 0.2) is 0 Å². The number of rotatable bonds is 5. The van der Waals surface area contributed by atoms with Crippen molar-refractivity contribution in [3.05, 3.63) is 30.1 Å². The van der Waals surface area contributed by atoms with E-state index >= 15 is 0 Å². The molecule has 0 saturated carbocycles. The zero-order valence-electron chi connectivity index (χ0n) is 13.9. The summed E-state index contributed by atoms with van der Waals surface area (Å²) in [6.45, 7) is 2.58. The van der Waals surface area contributed by atoms with Crippen molar-refractivity contribution in [2.75, 3.05) is 11.6 Å². The minimum absolute atomic E-state index is 0.00825. The Morgan fingerprint density at radius 2 is 2.12 bits per heavy atom. The van der Waals surface area contributed by atoms with E-state index in [-0.39, 0.29) is 30.2 Å². The van der Waals surface area contributed by atoms with Gasteiger partial charge in [-0.1, -0.05) is 0 Å². The highest BCUT2D eigenvalue weighted by molar-refractivity contribution is 6.40. The fraction of sp³-hybridized carbons (Fsp3) is 0.471. The van der Waals surface area contributed by atoms with Crippen LogP contribution >= 0.6 is 0 Å². The summed E-state index contributed by atoms with van der Waals surface area (Å²) in [5.41, 5.74) is 6.16. The summed E-state index contributed by atoms with van der Waals surface area (Å²) in [5, 5.41) is 8.48. The van der Waals surface area contributed by atoms with Gasteiger partial charge in [-0.05, 0) is 44.0 Å². The number of carbonyl (C=O) groups excluding carboxylic acids is 2. The molecule has 3 rings (SSSR count). The topological polar surface area (TPSA) is 97.0 Å². The molecule has 1 aromatic carbocycles. The molecule has 2 aliphatic heterocycles. The number of nitrogens with zero attached hydrogens (tertiary/aromatic N) is 2. The number of amides is 2. The molecule has 1 aromatic rings. The number of hydrogen-bond acceptors (Lipinski definition) is 5. The molecule has 2 aliphatic rings. The molecule has 0 radical (unpaired) electrons. The van der Waals surface area contributed by atoms with Gasteiger partial charge < -0.3 is 15.8 Å². The van der Waals surface area contributed by atoms with Crippen molar-refractivity contribution in [2.45, 2.75) is 44.4 Å². The number of nitrogens with two attached hydrogens (primary N) is 1. The molecule has 0 aliphatic carbocycles. The van der Waals surface area contributed by atoms with Crippen LogP contribution in [0, 0.1) is 5.82 Å². The molecule has 3 atom stereocenters. The molecule has 2 amide bonds. The van der Waals surface area contributed by atoms with Crippen LogP contribution in [0.25, 0.3) is 0 Å². The quantitative estimate of drug-likeness (QED) is 0.827. The molecule has 2 heterocycles. The summed E-state index contributed by atoms with van der Waals surface area (Å²) in [4.78, 5) is 24.2. The summed E-state index contributed by atoms with van der Waals surface area (Å²) in [6.07, 6.45) is 1.98. The number of halogens is 1. The second kappa shape index (κ2) is 7.18. The van der Waals surface area contributed by atoms with Crippen LogP contribution in [0.3, 0.4) is 0 Å². The Labute approximate surface area is 145 Å². The molecule has 25 heavy (non-hydrogen) atoms. The lowest BCUT2D eigenvalue weighted by Crippen LogP contribution is -2.44. The van der Waals surface area contributed by atoms with E-state index in [0.29, 0.717) is 12.3 Å². The molecule has 0 spiro atoms. The Bertz CT molecular complexity index is 686. The van der Waals surface area contributed by atoms with Gasteiger partial charge >= 0.3 is 0 Å². The maximum Gasteiger partial charge on any atom is 0.267 e. The van der Waals surface area contributed by atoms with E-state index in [1.165, 1.54) is 29.3 Å². The first-order valence-electron chi connectivity index (χ1n) is 8.30. The molecule has 134 valence electrons. The van der Waals surface area contributed by atoms with Gasteiger partial charge in [0.25, 0.3) is 5.91 Å². The third kappa shape index (κ3) is 3.79. The number of benzene rings is 1. The van der Waals surface area contributed by atoms with E-state index in [0.717, 1.165) is 12.8 Å². The highest BCUT2D eigenvalue weighted by Gasteiger charge is 2.36. The Hall–Kier alpha value is -2.48. The van der Waals surface area contributed by atoms with Gasteiger partial charge in [0.2, 0.25) is 5.91 Å². The van der Waals surface area contributed by atoms with Gasteiger partial charge in [-0.2, -0.15) is 5.10 Å². The van der Waals surface area contributed by atoms with E-state index in [2.05, 4.69) is 10.4 Å². The molecule has 0 aromatic heterocycles. The Morgan fingerprint density at radius 3 is 2.72 bits per heavy atom. The van der Waals surface area contributed by atoms with Gasteiger partial charge in [0, 0.05) is 13.0 Å². The van der Waals surface area contributed by atoms with Gasteiger partial charge in [0.05, 0.1) is 17.8 Å². The number of carbonyl (C=O) groups is 2. The van der Waals surface area contributed by atoms with Gasteiger partial charge in [0.1, 0.15) is 17.6 Å². The molecule has 1 saturated heterocycles. The molecule has 0 unspecified atom stereocenters. The molecule has 7 nitrogen and oxygen atoms in total. The van der Waals surface area contributed by atoms with Crippen LogP contribution in [-0.4, -0.2) is 42.3 Å². The number of primary amides is 1. The monoisotopic (exact) mass is 348 g/mol. The Morgan fingerprint density at radius 1 is 1.40 bits per heavy atom. The smallest absolute Gasteiger partial charge is 0.267 e. The second-order valence-electron chi connectivity index (χ2n) is 6.30. The highest BCUT2D eigenvalue weighted by Crippen LogP contribution is 2.25. The van der Waals surface area contributed by atoms with E-state index in [4.69, 9.17) is 10.5 Å². The SMILES string of the molecule is C[C@H](NC(=O)C1=NN(c2ccc(F)cc2)[C@@H](C(N)=O)C1)[C@@H]1CCCO1. The van der Waals surface area contributed by atoms with Crippen molar-refractivity contribution in [2.24, 2.45) is 10.8 Å². The van der Waals surface area contributed by atoms with E-state index in [1.54, 1.807) is 0 Å². The minimum atomic E-state index is -0.774. The minimum Gasteiger partial charge on any atom is -0.376 e. The molecule has 3 N–H and O–H groups in total. The van der Waals surface area contributed by atoms with Crippen molar-refractivity contribution in [1.82, 2.24) is 5.32 Å². The first kappa shape index (κ1) is 17.3. The predicted molar refractivity (Wildman–Crippen MR) is 90.5 cm³/mol. The average Bonchev–Trinajstić information content (AvgIpc) is 3.25. The van der Waals surface area contributed by atoms with Crippen molar-refractivity contribution in [3.8, 4) is 0 Å². The third-order valence-electron chi connectivity index (χ3n) is 4.47. The lowest BCUT2D eigenvalue weighted by atomic mass is 10.1. The summed E-state index contributed by atoms with van der Waals surface area (Å²) < 4.78 is 18.7. The largest absolute Gasteiger partial charge is 0.376 e. The molecule has 1 fully saturated rings. The van der Waals surface area contributed by atoms with E-state index in [1.807, 2.05) is 6.92 Å². The van der Waals surface area contributed by atoms with Crippen LogP contribution in [0.4, 0.5) is 10.1 Å². The molecule has 8 heteroatoms. The fourth-order valence-corrected chi connectivity index (χ4v) is 3.08. The third-order valence-corrected chi connectivity index (χ3v) is 4.47. The number of ether oxygens (including phenoxy) is 1. The molecular weight excluding hydrogens is 327 g/mol. The first-order valence-corrected chi connectivity index (χ1v) is 8.30. The zero-order chi connectivity index (χ0) is 18.0. The van der Waals surface area contributed by atoms with Crippen molar-refractivity contribution in [1.29, 1.82) is 0 Å². The number of hydrazone groups is 1. The maximum absolute atomic E-state index is 13.1. The Kier molecular flexibility index (Phi) is 4.98. The van der Waals surface area contributed by atoms with Crippen LogP contribution < -0.4 is 16.1 Å². The highest BCUT2D eigenvalue weighted by atomic mass is 19.1. The standard InChI is InChI=1S/C17H21FN4O3/c1-10(15-3-2-8-25-15)20-17(24)13-9-14(16(19)23)22(21-13)12-6-4-11(18)5-7-12/h4-7,10,14-15H,2-3,8-9H2,1H3,(H2,19,23)(H,20,24)/t10-,14+,15-/m0/s1. The average molecular weight is 348 g/mol. The number of nitrogens with one attached hydrogen (secondary N) is 1. The predicted octanol–water partition coefficient (Wildman–Crippen LogP) is 0.929. The van der Waals surface area contributed by atoms with Gasteiger partial charge in [-0.15, -0.1) is 0 Å². The maximum atomic E-state index is 13.1. The van der Waals surface area contributed by atoms with E-state index in [9.17, 15) is 14.0 Å². The van der Waals surface area contributed by atoms with Crippen LogP contribution in [0.2, 0.25) is 0 Å². The lowest BCUT2D eigenvalue weighted by molar-refractivity contribution is -0.119. The van der Waals surface area contributed by atoms with Crippen molar-refractivity contribution >= 4 is 23.2 Å². The lowest BCUT2D eigenvalue weighted by Gasteiger charge is -2.20.